The average molecular weight is 225 g/mol. The van der Waals surface area contributed by atoms with Crippen LogP contribution in [0.4, 0.5) is 0 Å². The zero-order valence-corrected chi connectivity index (χ0v) is 9.71. The number of carbonyl (C=O) groups excluding carboxylic acids is 1. The van der Waals surface area contributed by atoms with Gasteiger partial charge in [-0.05, 0) is 24.6 Å². The van der Waals surface area contributed by atoms with Gasteiger partial charge < -0.3 is 10.5 Å². The number of ether oxygens (including phenoxy) is 1. The van der Waals surface area contributed by atoms with E-state index in [-0.39, 0.29) is 11.2 Å². The van der Waals surface area contributed by atoms with E-state index in [0.717, 1.165) is 17.1 Å². The van der Waals surface area contributed by atoms with Crippen LogP contribution in [0.5, 0.6) is 5.75 Å². The number of nitrogens with two attached hydrogens (primary N) is 1. The minimum absolute atomic E-state index is 0.156. The van der Waals surface area contributed by atoms with E-state index < -0.39 is 0 Å². The van der Waals surface area contributed by atoms with Crippen LogP contribution in [0, 0.1) is 0 Å². The summed E-state index contributed by atoms with van der Waals surface area (Å²) in [6, 6.07) is 7.79. The van der Waals surface area contributed by atoms with E-state index in [2.05, 4.69) is 0 Å². The van der Waals surface area contributed by atoms with E-state index >= 15 is 0 Å². The molecule has 1 unspecified atom stereocenters. The molecule has 0 aliphatic heterocycles. The van der Waals surface area contributed by atoms with Crippen LogP contribution in [0.3, 0.4) is 0 Å². The molecule has 82 valence electrons. The zero-order valence-electron chi connectivity index (χ0n) is 8.90. The topological polar surface area (TPSA) is 52.3 Å². The second kappa shape index (κ2) is 5.66. The van der Waals surface area contributed by atoms with E-state index in [1.807, 2.05) is 31.2 Å². The van der Waals surface area contributed by atoms with Crippen molar-refractivity contribution in [1.82, 2.24) is 0 Å². The minimum atomic E-state index is -0.275. The molecule has 3 nitrogen and oxygen atoms in total. The molecular formula is C11H15NO2S. The first-order chi connectivity index (χ1) is 7.13. The average Bonchev–Trinajstić information content (AvgIpc) is 2.26. The van der Waals surface area contributed by atoms with Crippen molar-refractivity contribution in [1.29, 1.82) is 0 Å². The van der Waals surface area contributed by atoms with Crippen molar-refractivity contribution in [2.45, 2.75) is 17.9 Å². The van der Waals surface area contributed by atoms with Crippen molar-refractivity contribution >= 4 is 17.7 Å². The molecule has 1 atom stereocenters. The Kier molecular flexibility index (Phi) is 4.49. The molecule has 0 heterocycles. The summed E-state index contributed by atoms with van der Waals surface area (Å²) >= 11 is 1.53. The standard InChI is InChI=1S/C11H15NO2S/c1-8(11(12)13)15-7-9-4-3-5-10(6-9)14-2/h3-6,8H,7H2,1-2H3,(H2,12,13). The summed E-state index contributed by atoms with van der Waals surface area (Å²) in [5.41, 5.74) is 6.30. The lowest BCUT2D eigenvalue weighted by Crippen LogP contribution is -2.22. The molecule has 4 heteroatoms. The van der Waals surface area contributed by atoms with Gasteiger partial charge in [-0.1, -0.05) is 12.1 Å². The van der Waals surface area contributed by atoms with Crippen molar-refractivity contribution in [3.05, 3.63) is 29.8 Å². The van der Waals surface area contributed by atoms with Crippen molar-refractivity contribution in [3.63, 3.8) is 0 Å². The number of rotatable bonds is 5. The Bertz CT molecular complexity index is 341. The van der Waals surface area contributed by atoms with Crippen molar-refractivity contribution < 1.29 is 9.53 Å². The summed E-state index contributed by atoms with van der Waals surface area (Å²) in [5.74, 6) is 1.32. The van der Waals surface area contributed by atoms with Gasteiger partial charge in [-0.3, -0.25) is 4.79 Å². The smallest absolute Gasteiger partial charge is 0.230 e. The van der Waals surface area contributed by atoms with Gasteiger partial charge in [0.2, 0.25) is 5.91 Å². The molecule has 1 amide bonds. The number of methoxy groups -OCH3 is 1. The third kappa shape index (κ3) is 3.83. The first kappa shape index (κ1) is 11.9. The summed E-state index contributed by atoms with van der Waals surface area (Å²) in [4.78, 5) is 10.8. The lowest BCUT2D eigenvalue weighted by Gasteiger charge is -2.07. The van der Waals surface area contributed by atoms with E-state index in [0.29, 0.717) is 0 Å². The van der Waals surface area contributed by atoms with Gasteiger partial charge in [-0.25, -0.2) is 0 Å². The Labute approximate surface area is 94.0 Å². The second-order valence-electron chi connectivity index (χ2n) is 3.21. The molecule has 1 aromatic carbocycles. The van der Waals surface area contributed by atoms with Crippen LogP contribution in [0.2, 0.25) is 0 Å². The predicted molar refractivity (Wildman–Crippen MR) is 62.9 cm³/mol. The Balaban J connectivity index is 2.53. The van der Waals surface area contributed by atoms with E-state index in [4.69, 9.17) is 10.5 Å². The summed E-state index contributed by atoms with van der Waals surface area (Å²) in [6.45, 7) is 1.81. The molecule has 0 bridgehead atoms. The van der Waals surface area contributed by atoms with Gasteiger partial charge >= 0.3 is 0 Å². The lowest BCUT2D eigenvalue weighted by molar-refractivity contribution is -0.117. The maximum Gasteiger partial charge on any atom is 0.230 e. The number of carbonyl (C=O) groups is 1. The van der Waals surface area contributed by atoms with Gasteiger partial charge in [0, 0.05) is 5.75 Å². The minimum Gasteiger partial charge on any atom is -0.497 e. The normalized spacial score (nSPS) is 12.1. The highest BCUT2D eigenvalue weighted by Crippen LogP contribution is 2.20. The molecule has 0 saturated heterocycles. The van der Waals surface area contributed by atoms with Crippen molar-refractivity contribution in [2.75, 3.05) is 7.11 Å². The number of primary amides is 1. The first-order valence-electron chi connectivity index (χ1n) is 4.67. The summed E-state index contributed by atoms with van der Waals surface area (Å²) < 4.78 is 5.11. The van der Waals surface area contributed by atoms with Crippen LogP contribution in [0.1, 0.15) is 12.5 Å². The van der Waals surface area contributed by atoms with Crippen LogP contribution in [0.15, 0.2) is 24.3 Å². The SMILES string of the molecule is COc1cccc(CSC(C)C(N)=O)c1. The first-order valence-corrected chi connectivity index (χ1v) is 5.72. The molecule has 15 heavy (non-hydrogen) atoms. The third-order valence-corrected chi connectivity index (χ3v) is 3.27. The monoisotopic (exact) mass is 225 g/mol. The molecule has 0 spiro atoms. The highest BCUT2D eigenvalue weighted by atomic mass is 32.2. The number of hydrogen-bond acceptors (Lipinski definition) is 3. The molecule has 0 aromatic heterocycles. The highest BCUT2D eigenvalue weighted by molar-refractivity contribution is 7.99. The molecule has 0 radical (unpaired) electrons. The molecule has 2 N–H and O–H groups in total. The van der Waals surface area contributed by atoms with Gasteiger partial charge in [-0.15, -0.1) is 11.8 Å². The highest BCUT2D eigenvalue weighted by Gasteiger charge is 2.08. The van der Waals surface area contributed by atoms with E-state index in [1.165, 1.54) is 11.8 Å². The van der Waals surface area contributed by atoms with Crippen LogP contribution in [-0.2, 0) is 10.5 Å². The fourth-order valence-electron chi connectivity index (χ4n) is 1.07. The molecule has 0 aliphatic rings. The second-order valence-corrected chi connectivity index (χ2v) is 4.54. The Morgan fingerprint density at radius 1 is 1.60 bits per heavy atom. The quantitative estimate of drug-likeness (QED) is 0.831. The Hall–Kier alpha value is -1.16. The summed E-state index contributed by atoms with van der Waals surface area (Å²) in [6.07, 6.45) is 0. The largest absolute Gasteiger partial charge is 0.497 e. The molecule has 0 aliphatic carbocycles. The van der Waals surface area contributed by atoms with Crippen LogP contribution in [0.25, 0.3) is 0 Å². The summed E-state index contributed by atoms with van der Waals surface area (Å²) in [5, 5.41) is -0.156. The maximum absolute atomic E-state index is 10.8. The third-order valence-electron chi connectivity index (χ3n) is 2.03. The van der Waals surface area contributed by atoms with E-state index in [9.17, 15) is 4.79 Å². The molecule has 0 fully saturated rings. The van der Waals surface area contributed by atoms with Crippen molar-refractivity contribution in [2.24, 2.45) is 5.73 Å². The maximum atomic E-state index is 10.8. The molecule has 1 aromatic rings. The van der Waals surface area contributed by atoms with E-state index in [1.54, 1.807) is 7.11 Å². The zero-order chi connectivity index (χ0) is 11.3. The number of hydrogen-bond donors (Lipinski definition) is 1. The van der Waals surface area contributed by atoms with Gasteiger partial charge in [-0.2, -0.15) is 0 Å². The number of amides is 1. The molecular weight excluding hydrogens is 210 g/mol. The predicted octanol–water partition coefficient (Wildman–Crippen LogP) is 1.80. The van der Waals surface area contributed by atoms with Crippen molar-refractivity contribution in [3.8, 4) is 5.75 Å². The van der Waals surface area contributed by atoms with Crippen LogP contribution < -0.4 is 10.5 Å². The van der Waals surface area contributed by atoms with Gasteiger partial charge in [0.1, 0.15) is 5.75 Å². The molecule has 1 rings (SSSR count). The number of benzene rings is 1. The van der Waals surface area contributed by atoms with Crippen LogP contribution in [-0.4, -0.2) is 18.3 Å². The fourth-order valence-corrected chi connectivity index (χ4v) is 1.85. The van der Waals surface area contributed by atoms with Gasteiger partial charge in [0.15, 0.2) is 0 Å². The molecule has 0 saturated carbocycles. The Morgan fingerprint density at radius 3 is 2.93 bits per heavy atom. The lowest BCUT2D eigenvalue weighted by atomic mass is 10.2. The van der Waals surface area contributed by atoms with Crippen LogP contribution >= 0.6 is 11.8 Å². The fraction of sp³-hybridized carbons (Fsp3) is 0.364. The Morgan fingerprint density at radius 2 is 2.33 bits per heavy atom. The summed E-state index contributed by atoms with van der Waals surface area (Å²) in [7, 11) is 1.64. The van der Waals surface area contributed by atoms with Gasteiger partial charge in [0.25, 0.3) is 0 Å². The number of thioether (sulfide) groups is 1. The van der Waals surface area contributed by atoms with Gasteiger partial charge in [0.05, 0.1) is 12.4 Å².